The molecule has 6 heteroatoms. The Hall–Kier alpha value is -3.02. The minimum absolute atomic E-state index is 0.0374. The molecule has 3 aromatic rings. The zero-order chi connectivity index (χ0) is 14.8. The van der Waals surface area contributed by atoms with Crippen LogP contribution < -0.4 is 0 Å². The van der Waals surface area contributed by atoms with Crippen LogP contribution in [0, 0.1) is 15.9 Å². The molecule has 0 aliphatic heterocycles. The average molecular weight is 283 g/mol. The molecule has 0 fully saturated rings. The van der Waals surface area contributed by atoms with Crippen molar-refractivity contribution in [3.05, 3.63) is 76.7 Å². The van der Waals surface area contributed by atoms with Crippen LogP contribution in [0.5, 0.6) is 0 Å². The van der Waals surface area contributed by atoms with E-state index in [1.807, 2.05) is 0 Å². The van der Waals surface area contributed by atoms with Gasteiger partial charge in [-0.15, -0.1) is 0 Å². The average Bonchev–Trinajstić information content (AvgIpc) is 2.97. The zero-order valence-corrected chi connectivity index (χ0v) is 10.8. The number of halogens is 1. The SMILES string of the molecule is O=[N+]([O-])c1ccccc1-n1nccc1-c1ccc(F)cc1. The van der Waals surface area contributed by atoms with E-state index in [0.29, 0.717) is 11.4 Å². The quantitative estimate of drug-likeness (QED) is 0.545. The van der Waals surface area contributed by atoms with Gasteiger partial charge in [-0.1, -0.05) is 12.1 Å². The van der Waals surface area contributed by atoms with Crippen molar-refractivity contribution in [2.75, 3.05) is 0 Å². The molecule has 0 unspecified atom stereocenters. The first kappa shape index (κ1) is 13.0. The Balaban J connectivity index is 2.16. The second kappa shape index (κ2) is 5.16. The van der Waals surface area contributed by atoms with Gasteiger partial charge in [-0.3, -0.25) is 10.1 Å². The van der Waals surface area contributed by atoms with E-state index in [2.05, 4.69) is 5.10 Å². The summed E-state index contributed by atoms with van der Waals surface area (Å²) in [5, 5.41) is 15.3. The third kappa shape index (κ3) is 2.38. The number of benzene rings is 2. The normalized spacial score (nSPS) is 10.5. The van der Waals surface area contributed by atoms with Crippen LogP contribution in [0.3, 0.4) is 0 Å². The molecule has 0 aliphatic rings. The highest BCUT2D eigenvalue weighted by molar-refractivity contribution is 5.64. The van der Waals surface area contributed by atoms with Crippen LogP contribution in [0.25, 0.3) is 16.9 Å². The van der Waals surface area contributed by atoms with Crippen molar-refractivity contribution >= 4 is 5.69 Å². The summed E-state index contributed by atoms with van der Waals surface area (Å²) < 4.78 is 14.5. The molecule has 104 valence electrons. The van der Waals surface area contributed by atoms with Crippen LogP contribution in [-0.4, -0.2) is 14.7 Å². The van der Waals surface area contributed by atoms with Gasteiger partial charge in [0, 0.05) is 11.6 Å². The number of nitrogens with zero attached hydrogens (tertiary/aromatic N) is 3. The first-order valence-corrected chi connectivity index (χ1v) is 6.20. The lowest BCUT2D eigenvalue weighted by Gasteiger charge is -2.08. The highest BCUT2D eigenvalue weighted by Gasteiger charge is 2.17. The van der Waals surface area contributed by atoms with E-state index in [1.54, 1.807) is 42.6 Å². The van der Waals surface area contributed by atoms with Crippen molar-refractivity contribution < 1.29 is 9.31 Å². The maximum atomic E-state index is 13.0. The minimum atomic E-state index is -0.453. The summed E-state index contributed by atoms with van der Waals surface area (Å²) in [6.45, 7) is 0. The van der Waals surface area contributed by atoms with Crippen molar-refractivity contribution in [2.24, 2.45) is 0 Å². The number of hydrogen-bond donors (Lipinski definition) is 0. The fraction of sp³-hybridized carbons (Fsp3) is 0. The number of aromatic nitrogens is 2. The first-order valence-electron chi connectivity index (χ1n) is 6.20. The highest BCUT2D eigenvalue weighted by Crippen LogP contribution is 2.27. The van der Waals surface area contributed by atoms with Gasteiger partial charge in [-0.25, -0.2) is 9.07 Å². The zero-order valence-electron chi connectivity index (χ0n) is 10.8. The van der Waals surface area contributed by atoms with Crippen LogP contribution in [0.1, 0.15) is 0 Å². The Bertz CT molecular complexity index is 797. The number of nitro benzene ring substituents is 1. The third-order valence-corrected chi connectivity index (χ3v) is 3.09. The van der Waals surface area contributed by atoms with Gasteiger partial charge < -0.3 is 0 Å². The Morgan fingerprint density at radius 3 is 2.48 bits per heavy atom. The van der Waals surface area contributed by atoms with E-state index in [4.69, 9.17) is 0 Å². The predicted octanol–water partition coefficient (Wildman–Crippen LogP) is 3.59. The van der Waals surface area contributed by atoms with E-state index in [1.165, 1.54) is 22.9 Å². The van der Waals surface area contributed by atoms with Crippen molar-refractivity contribution in [2.45, 2.75) is 0 Å². The maximum Gasteiger partial charge on any atom is 0.294 e. The third-order valence-electron chi connectivity index (χ3n) is 3.09. The summed E-state index contributed by atoms with van der Waals surface area (Å²) in [7, 11) is 0. The molecule has 0 saturated heterocycles. The van der Waals surface area contributed by atoms with Crippen molar-refractivity contribution in [1.29, 1.82) is 0 Å². The van der Waals surface area contributed by atoms with Gasteiger partial charge in [0.2, 0.25) is 0 Å². The lowest BCUT2D eigenvalue weighted by Crippen LogP contribution is -2.03. The number of para-hydroxylation sites is 2. The molecule has 0 N–H and O–H groups in total. The summed E-state index contributed by atoms with van der Waals surface area (Å²) >= 11 is 0. The Morgan fingerprint density at radius 2 is 1.76 bits per heavy atom. The number of nitro groups is 1. The molecule has 0 atom stereocenters. The first-order chi connectivity index (χ1) is 10.2. The lowest BCUT2D eigenvalue weighted by atomic mass is 10.1. The van der Waals surface area contributed by atoms with Crippen LogP contribution in [0.2, 0.25) is 0 Å². The van der Waals surface area contributed by atoms with E-state index >= 15 is 0 Å². The Labute approximate surface area is 119 Å². The molecular weight excluding hydrogens is 273 g/mol. The standard InChI is InChI=1S/C15H10FN3O2/c16-12-7-5-11(6-8-12)13-9-10-17-18(13)14-3-1-2-4-15(14)19(20)21/h1-10H. The smallest absolute Gasteiger partial charge is 0.258 e. The second-order valence-electron chi connectivity index (χ2n) is 4.38. The molecule has 0 aliphatic carbocycles. The topological polar surface area (TPSA) is 61.0 Å². The van der Waals surface area contributed by atoms with Crippen molar-refractivity contribution in [1.82, 2.24) is 9.78 Å². The molecule has 2 aromatic carbocycles. The molecule has 0 amide bonds. The van der Waals surface area contributed by atoms with Crippen LogP contribution in [0.15, 0.2) is 60.8 Å². The second-order valence-corrected chi connectivity index (χ2v) is 4.38. The molecule has 0 bridgehead atoms. The summed E-state index contributed by atoms with van der Waals surface area (Å²) in [5.41, 5.74) is 1.72. The van der Waals surface area contributed by atoms with Gasteiger partial charge in [0.1, 0.15) is 11.5 Å². The van der Waals surface area contributed by atoms with E-state index < -0.39 is 4.92 Å². The van der Waals surface area contributed by atoms with Gasteiger partial charge in [0.15, 0.2) is 0 Å². The minimum Gasteiger partial charge on any atom is -0.258 e. The van der Waals surface area contributed by atoms with Crippen LogP contribution in [0.4, 0.5) is 10.1 Å². The van der Waals surface area contributed by atoms with E-state index in [0.717, 1.165) is 5.56 Å². The molecule has 0 spiro atoms. The van der Waals surface area contributed by atoms with Crippen molar-refractivity contribution in [3.63, 3.8) is 0 Å². The highest BCUT2D eigenvalue weighted by atomic mass is 19.1. The Morgan fingerprint density at radius 1 is 1.05 bits per heavy atom. The molecule has 3 rings (SSSR count). The van der Waals surface area contributed by atoms with Gasteiger partial charge in [0.25, 0.3) is 5.69 Å². The summed E-state index contributed by atoms with van der Waals surface area (Å²) in [5.74, 6) is -0.337. The largest absolute Gasteiger partial charge is 0.294 e. The van der Waals surface area contributed by atoms with Crippen molar-refractivity contribution in [3.8, 4) is 16.9 Å². The molecule has 1 heterocycles. The maximum absolute atomic E-state index is 13.0. The molecule has 0 saturated carbocycles. The fourth-order valence-electron chi connectivity index (χ4n) is 2.13. The van der Waals surface area contributed by atoms with Gasteiger partial charge in [-0.2, -0.15) is 5.10 Å². The van der Waals surface area contributed by atoms with Gasteiger partial charge in [0.05, 0.1) is 16.8 Å². The number of rotatable bonds is 3. The summed E-state index contributed by atoms with van der Waals surface area (Å²) in [6.07, 6.45) is 1.55. The fourth-order valence-corrected chi connectivity index (χ4v) is 2.13. The Kier molecular flexibility index (Phi) is 3.19. The van der Waals surface area contributed by atoms with Gasteiger partial charge in [-0.05, 0) is 36.4 Å². The van der Waals surface area contributed by atoms with Crippen LogP contribution in [-0.2, 0) is 0 Å². The molecule has 5 nitrogen and oxygen atoms in total. The monoisotopic (exact) mass is 283 g/mol. The summed E-state index contributed by atoms with van der Waals surface area (Å²) in [6, 6.07) is 14.0. The summed E-state index contributed by atoms with van der Waals surface area (Å²) in [4.78, 5) is 10.7. The number of hydrogen-bond acceptors (Lipinski definition) is 3. The molecular formula is C15H10FN3O2. The molecule has 21 heavy (non-hydrogen) atoms. The van der Waals surface area contributed by atoms with Gasteiger partial charge >= 0.3 is 0 Å². The lowest BCUT2D eigenvalue weighted by molar-refractivity contribution is -0.384. The molecule has 1 aromatic heterocycles. The van der Waals surface area contributed by atoms with E-state index in [9.17, 15) is 14.5 Å². The van der Waals surface area contributed by atoms with E-state index in [-0.39, 0.29) is 11.5 Å². The predicted molar refractivity (Wildman–Crippen MR) is 75.6 cm³/mol. The molecule has 0 radical (unpaired) electrons. The van der Waals surface area contributed by atoms with Crippen LogP contribution >= 0.6 is 0 Å².